The van der Waals surface area contributed by atoms with E-state index < -0.39 is 0 Å². The Labute approximate surface area is 223 Å². The summed E-state index contributed by atoms with van der Waals surface area (Å²) in [4.78, 5) is 30.5. The van der Waals surface area contributed by atoms with Crippen molar-refractivity contribution in [3.05, 3.63) is 62.5 Å². The Morgan fingerprint density at radius 1 is 1.14 bits per heavy atom. The highest BCUT2D eigenvalue weighted by atomic mass is 32.1. The van der Waals surface area contributed by atoms with E-state index in [2.05, 4.69) is 30.4 Å². The third kappa shape index (κ3) is 5.07. The second kappa shape index (κ2) is 10.0. The van der Waals surface area contributed by atoms with Crippen LogP contribution in [0.1, 0.15) is 69.2 Å². The fraction of sp³-hybridized carbons (Fsp3) is 0.462. The van der Waals surface area contributed by atoms with Gasteiger partial charge >= 0.3 is 0 Å². The summed E-state index contributed by atoms with van der Waals surface area (Å²) in [5.74, 6) is 1.10. The molecule has 1 amide bonds. The fourth-order valence-corrected chi connectivity index (χ4v) is 7.16. The Bertz CT molecular complexity index is 1400. The maximum atomic E-state index is 13.4. The van der Waals surface area contributed by atoms with E-state index in [1.54, 1.807) is 35.8 Å². The number of hydrogen-bond donors (Lipinski definition) is 0. The second-order valence-corrected chi connectivity index (χ2v) is 11.9. The van der Waals surface area contributed by atoms with Crippen molar-refractivity contribution >= 4 is 28.6 Å². The lowest BCUT2D eigenvalue weighted by atomic mass is 9.98. The second-order valence-electron chi connectivity index (χ2n) is 9.71. The molecule has 0 spiro atoms. The number of carbonyl (C=O) groups is 1. The predicted octanol–water partition coefficient (Wildman–Crippen LogP) is 4.91. The third-order valence-corrected chi connectivity index (χ3v) is 8.97. The van der Waals surface area contributed by atoms with Crippen LogP contribution in [0.25, 0.3) is 10.6 Å². The average Bonchev–Trinajstić information content (AvgIpc) is 3.65. The quantitative estimate of drug-likeness (QED) is 0.328. The van der Waals surface area contributed by atoms with Crippen LogP contribution in [0.15, 0.2) is 28.1 Å². The van der Waals surface area contributed by atoms with Gasteiger partial charge in [0.15, 0.2) is 0 Å². The fourth-order valence-electron chi connectivity index (χ4n) is 5.40. The van der Waals surface area contributed by atoms with Gasteiger partial charge in [0.1, 0.15) is 6.61 Å². The zero-order valence-electron chi connectivity index (χ0n) is 21.0. The smallest absolute Gasteiger partial charge is 0.255 e. The third-order valence-electron chi connectivity index (χ3n) is 7.03. The minimum Gasteiger partial charge on any atom is -0.423 e. The van der Waals surface area contributed by atoms with Gasteiger partial charge in [-0.2, -0.15) is 0 Å². The Morgan fingerprint density at radius 2 is 1.95 bits per heavy atom. The highest BCUT2D eigenvalue weighted by Gasteiger charge is 2.44. The first-order valence-corrected chi connectivity index (χ1v) is 14.2. The van der Waals surface area contributed by atoms with E-state index in [0.29, 0.717) is 30.4 Å². The van der Waals surface area contributed by atoms with E-state index in [1.165, 1.54) is 0 Å². The lowest BCUT2D eigenvalue weighted by Crippen LogP contribution is -2.48. The van der Waals surface area contributed by atoms with Gasteiger partial charge < -0.3 is 14.1 Å². The van der Waals surface area contributed by atoms with Crippen molar-refractivity contribution in [1.82, 2.24) is 30.0 Å². The zero-order valence-corrected chi connectivity index (χ0v) is 22.6. The van der Waals surface area contributed by atoms with E-state index in [0.717, 1.165) is 57.7 Å². The molecular weight excluding hydrogens is 508 g/mol. The molecule has 0 saturated carbocycles. The van der Waals surface area contributed by atoms with Crippen LogP contribution < -0.4 is 0 Å². The number of rotatable bonds is 7. The molecule has 2 fully saturated rings. The van der Waals surface area contributed by atoms with Crippen LogP contribution in [0.2, 0.25) is 0 Å². The Hall–Kier alpha value is -3.02. The number of hydrogen-bond acceptors (Lipinski definition) is 10. The standard InChI is InChI=1S/C26H28N6O3S2/c1-14-25(37-16(3)28-14)22-13-36-24(29-22)8-18-5-4-17(11-27-18)26(33)32-19-6-7-20(32)10-21(9-19)34-12-23-31-30-15(2)35-23/h4-5,11,13,19-21H,6-10,12H2,1-3H3/t19-,20+,21?. The summed E-state index contributed by atoms with van der Waals surface area (Å²) in [6, 6.07) is 4.22. The Balaban J connectivity index is 1.07. The molecule has 2 bridgehead atoms. The van der Waals surface area contributed by atoms with Crippen molar-refractivity contribution in [2.45, 2.75) is 77.7 Å². The molecule has 2 saturated heterocycles. The molecule has 1 unspecified atom stereocenters. The van der Waals surface area contributed by atoms with Crippen molar-refractivity contribution in [2.24, 2.45) is 0 Å². The maximum Gasteiger partial charge on any atom is 0.255 e. The lowest BCUT2D eigenvalue weighted by molar-refractivity contribution is -0.0287. The molecule has 37 heavy (non-hydrogen) atoms. The molecule has 9 nitrogen and oxygen atoms in total. The van der Waals surface area contributed by atoms with E-state index in [1.807, 2.05) is 26.0 Å². The SMILES string of the molecule is Cc1nnc(COC2C[C@H]3CC[C@@H](C2)N3C(=O)c2ccc(Cc3nc(-c4sc(C)nc4C)cs3)nc2)o1. The topological polar surface area (TPSA) is 107 Å². The number of ether oxygens (including phenoxy) is 1. The van der Waals surface area contributed by atoms with Crippen molar-refractivity contribution in [3.63, 3.8) is 0 Å². The highest BCUT2D eigenvalue weighted by Crippen LogP contribution is 2.38. The van der Waals surface area contributed by atoms with Gasteiger partial charge in [0.05, 0.1) is 37.9 Å². The summed E-state index contributed by atoms with van der Waals surface area (Å²) < 4.78 is 11.5. The number of fused-ring (bicyclic) bond motifs is 2. The minimum absolute atomic E-state index is 0.0603. The van der Waals surface area contributed by atoms with Gasteiger partial charge in [-0.05, 0) is 51.7 Å². The number of aromatic nitrogens is 5. The van der Waals surface area contributed by atoms with Crippen LogP contribution in [0.5, 0.6) is 0 Å². The number of amides is 1. The number of thiazole rings is 2. The molecule has 0 N–H and O–H groups in total. The molecule has 2 aliphatic heterocycles. The molecule has 2 aliphatic rings. The minimum atomic E-state index is 0.0603. The summed E-state index contributed by atoms with van der Waals surface area (Å²) in [5.41, 5.74) is 3.54. The van der Waals surface area contributed by atoms with Crippen LogP contribution >= 0.6 is 22.7 Å². The summed E-state index contributed by atoms with van der Waals surface area (Å²) >= 11 is 3.30. The Kier molecular flexibility index (Phi) is 6.60. The van der Waals surface area contributed by atoms with E-state index in [-0.39, 0.29) is 24.1 Å². The van der Waals surface area contributed by atoms with Gasteiger partial charge in [-0.1, -0.05) is 0 Å². The van der Waals surface area contributed by atoms with Gasteiger partial charge in [-0.3, -0.25) is 9.78 Å². The number of nitrogens with zero attached hydrogens (tertiary/aromatic N) is 6. The van der Waals surface area contributed by atoms with E-state index >= 15 is 0 Å². The summed E-state index contributed by atoms with van der Waals surface area (Å²) in [7, 11) is 0. The maximum absolute atomic E-state index is 13.4. The number of piperidine rings is 1. The molecule has 6 rings (SSSR count). The van der Waals surface area contributed by atoms with Crippen LogP contribution in [0.4, 0.5) is 0 Å². The molecule has 4 aromatic rings. The predicted molar refractivity (Wildman–Crippen MR) is 140 cm³/mol. The number of carbonyl (C=O) groups excluding carboxylic acids is 1. The largest absolute Gasteiger partial charge is 0.423 e. The van der Waals surface area contributed by atoms with Crippen molar-refractivity contribution in [2.75, 3.05) is 0 Å². The van der Waals surface area contributed by atoms with Gasteiger partial charge in [0.2, 0.25) is 11.8 Å². The van der Waals surface area contributed by atoms with Gasteiger partial charge in [-0.25, -0.2) is 9.97 Å². The first-order valence-electron chi connectivity index (χ1n) is 12.5. The number of pyridine rings is 1. The molecule has 6 heterocycles. The van der Waals surface area contributed by atoms with Crippen molar-refractivity contribution in [3.8, 4) is 10.6 Å². The molecular formula is C26H28N6O3S2. The van der Waals surface area contributed by atoms with Crippen molar-refractivity contribution in [1.29, 1.82) is 0 Å². The van der Waals surface area contributed by atoms with E-state index in [4.69, 9.17) is 14.1 Å². The van der Waals surface area contributed by atoms with Crippen molar-refractivity contribution < 1.29 is 13.9 Å². The number of aryl methyl sites for hydroxylation is 3. The summed E-state index contributed by atoms with van der Waals surface area (Å²) in [6.07, 6.45) is 6.11. The van der Waals surface area contributed by atoms with Gasteiger partial charge in [-0.15, -0.1) is 32.9 Å². The highest BCUT2D eigenvalue weighted by molar-refractivity contribution is 7.16. The normalized spacial score (nSPS) is 21.1. The molecule has 3 atom stereocenters. The van der Waals surface area contributed by atoms with Crippen LogP contribution in [-0.2, 0) is 17.8 Å². The van der Waals surface area contributed by atoms with Gasteiger partial charge in [0, 0.05) is 42.7 Å². The average molecular weight is 537 g/mol. The first kappa shape index (κ1) is 24.3. The molecule has 0 aromatic carbocycles. The zero-order chi connectivity index (χ0) is 25.5. The lowest BCUT2D eigenvalue weighted by Gasteiger charge is -2.38. The molecule has 11 heteroatoms. The molecule has 0 radical (unpaired) electrons. The summed E-state index contributed by atoms with van der Waals surface area (Å²) in [5, 5.41) is 12.0. The molecule has 4 aromatic heterocycles. The van der Waals surface area contributed by atoms with E-state index in [9.17, 15) is 4.79 Å². The van der Waals surface area contributed by atoms with Crippen LogP contribution in [-0.4, -0.2) is 54.1 Å². The molecule has 192 valence electrons. The Morgan fingerprint density at radius 3 is 2.59 bits per heavy atom. The van der Waals surface area contributed by atoms with Crippen LogP contribution in [0.3, 0.4) is 0 Å². The summed E-state index contributed by atoms with van der Waals surface area (Å²) in [6.45, 7) is 6.12. The molecule has 0 aliphatic carbocycles. The van der Waals surface area contributed by atoms with Crippen LogP contribution in [0, 0.1) is 20.8 Å². The monoisotopic (exact) mass is 536 g/mol. The van der Waals surface area contributed by atoms with Gasteiger partial charge in [0.25, 0.3) is 5.91 Å². The first-order chi connectivity index (χ1) is 17.9.